The van der Waals surface area contributed by atoms with E-state index in [0.29, 0.717) is 6.79 Å². The van der Waals surface area contributed by atoms with E-state index in [1.165, 1.54) is 22.3 Å². The fourth-order valence-corrected chi connectivity index (χ4v) is 2.58. The normalized spacial score (nSPS) is 14.2. The third-order valence-electron chi connectivity index (χ3n) is 4.14. The molecular weight excluding hydrogens is 262 g/mol. The zero-order valence-corrected chi connectivity index (χ0v) is 12.6. The van der Waals surface area contributed by atoms with Gasteiger partial charge < -0.3 is 15.2 Å². The Morgan fingerprint density at radius 2 is 1.81 bits per heavy atom. The molecule has 0 saturated carbocycles. The van der Waals surface area contributed by atoms with Gasteiger partial charge in [-0.15, -0.1) is 0 Å². The summed E-state index contributed by atoms with van der Waals surface area (Å²) in [5.74, 6) is 1.67. The van der Waals surface area contributed by atoms with Gasteiger partial charge >= 0.3 is 0 Å². The van der Waals surface area contributed by atoms with E-state index in [9.17, 15) is 0 Å². The first kappa shape index (κ1) is 14.0. The summed E-state index contributed by atoms with van der Waals surface area (Å²) in [7, 11) is 0. The van der Waals surface area contributed by atoms with Crippen molar-refractivity contribution in [1.82, 2.24) is 0 Å². The molecule has 1 unspecified atom stereocenters. The Kier molecular flexibility index (Phi) is 3.84. The van der Waals surface area contributed by atoms with Crippen molar-refractivity contribution < 1.29 is 9.47 Å². The molecule has 0 radical (unpaired) electrons. The van der Waals surface area contributed by atoms with E-state index in [1.54, 1.807) is 0 Å². The van der Waals surface area contributed by atoms with E-state index in [2.05, 4.69) is 44.2 Å². The van der Waals surface area contributed by atoms with E-state index >= 15 is 0 Å². The van der Waals surface area contributed by atoms with Gasteiger partial charge in [0, 0.05) is 6.04 Å². The summed E-state index contributed by atoms with van der Waals surface area (Å²) in [5.41, 5.74) is 11.4. The molecule has 1 heterocycles. The molecule has 0 spiro atoms. The summed E-state index contributed by atoms with van der Waals surface area (Å²) in [6.07, 6.45) is 1.85. The third kappa shape index (κ3) is 3.03. The Labute approximate surface area is 125 Å². The van der Waals surface area contributed by atoms with Gasteiger partial charge in [0.2, 0.25) is 6.79 Å². The SMILES string of the molecule is Cc1ccc(C(N)CCc2ccc3c(c2)OCO3)cc1C. The molecule has 0 aromatic heterocycles. The highest BCUT2D eigenvalue weighted by Crippen LogP contribution is 2.33. The largest absolute Gasteiger partial charge is 0.454 e. The molecule has 21 heavy (non-hydrogen) atoms. The zero-order valence-electron chi connectivity index (χ0n) is 12.6. The van der Waals surface area contributed by atoms with Crippen LogP contribution in [-0.2, 0) is 6.42 Å². The molecule has 1 atom stereocenters. The highest BCUT2D eigenvalue weighted by molar-refractivity contribution is 5.44. The van der Waals surface area contributed by atoms with E-state index in [4.69, 9.17) is 15.2 Å². The molecule has 1 aliphatic heterocycles. The van der Waals surface area contributed by atoms with Crippen molar-refractivity contribution in [2.45, 2.75) is 32.7 Å². The molecule has 110 valence electrons. The van der Waals surface area contributed by atoms with Gasteiger partial charge in [-0.05, 0) is 61.1 Å². The lowest BCUT2D eigenvalue weighted by Gasteiger charge is -2.14. The first-order valence-corrected chi connectivity index (χ1v) is 7.35. The van der Waals surface area contributed by atoms with Gasteiger partial charge in [0.25, 0.3) is 0 Å². The summed E-state index contributed by atoms with van der Waals surface area (Å²) in [4.78, 5) is 0. The summed E-state index contributed by atoms with van der Waals surface area (Å²) in [5, 5.41) is 0. The van der Waals surface area contributed by atoms with Gasteiger partial charge in [-0.3, -0.25) is 0 Å². The topological polar surface area (TPSA) is 44.5 Å². The predicted octanol–water partition coefficient (Wildman–Crippen LogP) is 3.66. The molecule has 3 heteroatoms. The lowest BCUT2D eigenvalue weighted by Crippen LogP contribution is -2.11. The van der Waals surface area contributed by atoms with Crippen LogP contribution in [0.25, 0.3) is 0 Å². The van der Waals surface area contributed by atoms with Crippen molar-refractivity contribution >= 4 is 0 Å². The van der Waals surface area contributed by atoms with Crippen LogP contribution in [0.2, 0.25) is 0 Å². The van der Waals surface area contributed by atoms with Gasteiger partial charge in [-0.2, -0.15) is 0 Å². The van der Waals surface area contributed by atoms with Crippen molar-refractivity contribution in [3.8, 4) is 11.5 Å². The third-order valence-corrected chi connectivity index (χ3v) is 4.14. The lowest BCUT2D eigenvalue weighted by molar-refractivity contribution is 0.174. The molecule has 1 aliphatic rings. The summed E-state index contributed by atoms with van der Waals surface area (Å²) in [6, 6.07) is 12.6. The van der Waals surface area contributed by atoms with Crippen LogP contribution in [0.15, 0.2) is 36.4 Å². The first-order valence-electron chi connectivity index (χ1n) is 7.35. The van der Waals surface area contributed by atoms with E-state index in [0.717, 1.165) is 24.3 Å². The molecule has 0 amide bonds. The molecule has 2 aromatic carbocycles. The number of benzene rings is 2. The molecular formula is C18H21NO2. The van der Waals surface area contributed by atoms with Crippen LogP contribution in [0.5, 0.6) is 11.5 Å². The monoisotopic (exact) mass is 283 g/mol. The number of aryl methyl sites for hydroxylation is 3. The van der Waals surface area contributed by atoms with Gasteiger partial charge in [0.15, 0.2) is 11.5 Å². The number of ether oxygens (including phenoxy) is 2. The number of hydrogen-bond donors (Lipinski definition) is 1. The number of hydrogen-bond acceptors (Lipinski definition) is 3. The van der Waals surface area contributed by atoms with Gasteiger partial charge in [-0.1, -0.05) is 24.3 Å². The Hall–Kier alpha value is -2.00. The second-order valence-electron chi connectivity index (χ2n) is 5.68. The average Bonchev–Trinajstić information content (AvgIpc) is 2.95. The Balaban J connectivity index is 1.65. The van der Waals surface area contributed by atoms with Gasteiger partial charge in [0.1, 0.15) is 0 Å². The van der Waals surface area contributed by atoms with E-state index in [1.807, 2.05) is 6.07 Å². The van der Waals surface area contributed by atoms with Crippen LogP contribution in [0.1, 0.15) is 34.7 Å². The van der Waals surface area contributed by atoms with Gasteiger partial charge in [0.05, 0.1) is 0 Å². The van der Waals surface area contributed by atoms with Crippen LogP contribution in [0, 0.1) is 13.8 Å². The quantitative estimate of drug-likeness (QED) is 0.931. The molecule has 2 N–H and O–H groups in total. The minimum atomic E-state index is 0.0646. The first-order chi connectivity index (χ1) is 10.1. The molecule has 0 saturated heterocycles. The molecule has 2 aromatic rings. The molecule has 0 aliphatic carbocycles. The summed E-state index contributed by atoms with van der Waals surface area (Å²) >= 11 is 0. The second-order valence-corrected chi connectivity index (χ2v) is 5.68. The fraction of sp³-hybridized carbons (Fsp3) is 0.333. The second kappa shape index (κ2) is 5.78. The van der Waals surface area contributed by atoms with Crippen molar-refractivity contribution in [2.24, 2.45) is 5.73 Å². The van der Waals surface area contributed by atoms with Gasteiger partial charge in [-0.25, -0.2) is 0 Å². The van der Waals surface area contributed by atoms with Crippen LogP contribution in [0.3, 0.4) is 0 Å². The minimum Gasteiger partial charge on any atom is -0.454 e. The smallest absolute Gasteiger partial charge is 0.231 e. The number of fused-ring (bicyclic) bond motifs is 1. The van der Waals surface area contributed by atoms with Crippen molar-refractivity contribution in [3.63, 3.8) is 0 Å². The molecule has 3 rings (SSSR count). The maximum absolute atomic E-state index is 6.32. The van der Waals surface area contributed by atoms with Crippen LogP contribution < -0.4 is 15.2 Å². The average molecular weight is 283 g/mol. The Bertz CT molecular complexity index is 652. The number of rotatable bonds is 4. The molecule has 3 nitrogen and oxygen atoms in total. The van der Waals surface area contributed by atoms with E-state index in [-0.39, 0.29) is 6.04 Å². The van der Waals surface area contributed by atoms with Crippen LogP contribution in [0.4, 0.5) is 0 Å². The maximum Gasteiger partial charge on any atom is 0.231 e. The summed E-state index contributed by atoms with van der Waals surface area (Å²) in [6.45, 7) is 4.57. The maximum atomic E-state index is 6.32. The Morgan fingerprint density at radius 3 is 2.62 bits per heavy atom. The highest BCUT2D eigenvalue weighted by Gasteiger charge is 2.14. The number of nitrogens with two attached hydrogens (primary N) is 1. The standard InChI is InChI=1S/C18H21NO2/c1-12-3-6-15(9-13(12)2)16(19)7-4-14-5-8-17-18(10-14)21-11-20-17/h3,5-6,8-10,16H,4,7,11,19H2,1-2H3. The predicted molar refractivity (Wildman–Crippen MR) is 83.7 cm³/mol. The van der Waals surface area contributed by atoms with Crippen molar-refractivity contribution in [1.29, 1.82) is 0 Å². The highest BCUT2D eigenvalue weighted by atomic mass is 16.7. The van der Waals surface area contributed by atoms with Crippen LogP contribution >= 0.6 is 0 Å². The summed E-state index contributed by atoms with van der Waals surface area (Å²) < 4.78 is 10.7. The van der Waals surface area contributed by atoms with Crippen LogP contribution in [-0.4, -0.2) is 6.79 Å². The molecule has 0 bridgehead atoms. The molecule has 0 fully saturated rings. The minimum absolute atomic E-state index is 0.0646. The zero-order chi connectivity index (χ0) is 14.8. The van der Waals surface area contributed by atoms with E-state index < -0.39 is 0 Å². The lowest BCUT2D eigenvalue weighted by atomic mass is 9.97. The fourth-order valence-electron chi connectivity index (χ4n) is 2.58. The van der Waals surface area contributed by atoms with Crippen molar-refractivity contribution in [3.05, 3.63) is 58.7 Å². The van der Waals surface area contributed by atoms with Crippen molar-refractivity contribution in [2.75, 3.05) is 6.79 Å². The Morgan fingerprint density at radius 1 is 1.00 bits per heavy atom.